The third kappa shape index (κ3) is 2.70. The number of phenolic OH excluding ortho intramolecular Hbond substituents is 1. The summed E-state index contributed by atoms with van der Waals surface area (Å²) in [6.45, 7) is 2.32. The molecule has 1 aliphatic heterocycles. The second kappa shape index (κ2) is 5.48. The van der Waals surface area contributed by atoms with Crippen LogP contribution in [0.1, 0.15) is 12.5 Å². The van der Waals surface area contributed by atoms with Crippen molar-refractivity contribution in [2.45, 2.75) is 19.4 Å². The molecule has 0 radical (unpaired) electrons. The number of phenols is 1. The number of hydrogen-bond donors (Lipinski definition) is 1. The van der Waals surface area contributed by atoms with Gasteiger partial charge in [-0.1, -0.05) is 30.3 Å². The Labute approximate surface area is 123 Å². The number of anilines is 1. The lowest BCUT2D eigenvalue weighted by molar-refractivity contribution is -0.125. The number of carbonyl (C=O) groups excluding carboxylic acids is 1. The van der Waals surface area contributed by atoms with Crippen LogP contribution in [0.5, 0.6) is 11.5 Å². The maximum absolute atomic E-state index is 12.3. The van der Waals surface area contributed by atoms with E-state index < -0.39 is 6.10 Å². The number of amides is 1. The van der Waals surface area contributed by atoms with Gasteiger partial charge in [0.1, 0.15) is 11.5 Å². The Bertz CT molecular complexity index is 654. The van der Waals surface area contributed by atoms with E-state index in [0.717, 1.165) is 6.42 Å². The first kappa shape index (κ1) is 13.5. The van der Waals surface area contributed by atoms with Crippen molar-refractivity contribution in [1.82, 2.24) is 0 Å². The fourth-order valence-corrected chi connectivity index (χ4v) is 2.52. The second-order valence-electron chi connectivity index (χ2n) is 5.14. The van der Waals surface area contributed by atoms with Crippen molar-refractivity contribution in [3.8, 4) is 11.5 Å². The molecule has 0 spiro atoms. The van der Waals surface area contributed by atoms with Crippen LogP contribution >= 0.6 is 0 Å². The summed E-state index contributed by atoms with van der Waals surface area (Å²) in [7, 11) is 0. The van der Waals surface area contributed by atoms with Crippen LogP contribution < -0.4 is 9.64 Å². The maximum Gasteiger partial charge on any atom is 0.267 e. The predicted octanol–water partition coefficient (Wildman–Crippen LogP) is 2.75. The molecule has 0 fully saturated rings. The SMILES string of the molecule is CC1Oc2cc(O)ccc2N(CCc2ccccc2)C1=O. The predicted molar refractivity (Wildman–Crippen MR) is 80.7 cm³/mol. The molecule has 4 nitrogen and oxygen atoms in total. The molecule has 0 bridgehead atoms. The van der Waals surface area contributed by atoms with Crippen molar-refractivity contribution >= 4 is 11.6 Å². The van der Waals surface area contributed by atoms with Crippen molar-refractivity contribution in [2.24, 2.45) is 0 Å². The Morgan fingerprint density at radius 1 is 1.19 bits per heavy atom. The number of aromatic hydroxyl groups is 1. The van der Waals surface area contributed by atoms with Gasteiger partial charge in [-0.05, 0) is 31.0 Å². The number of benzene rings is 2. The van der Waals surface area contributed by atoms with E-state index >= 15 is 0 Å². The molecule has 1 atom stereocenters. The van der Waals surface area contributed by atoms with E-state index in [4.69, 9.17) is 4.74 Å². The second-order valence-corrected chi connectivity index (χ2v) is 5.14. The smallest absolute Gasteiger partial charge is 0.267 e. The lowest BCUT2D eigenvalue weighted by atomic mass is 10.1. The fraction of sp³-hybridized carbons (Fsp3) is 0.235. The Hall–Kier alpha value is -2.49. The van der Waals surface area contributed by atoms with Crippen molar-refractivity contribution in [3.05, 3.63) is 54.1 Å². The van der Waals surface area contributed by atoms with Gasteiger partial charge in [0, 0.05) is 12.6 Å². The van der Waals surface area contributed by atoms with E-state index in [-0.39, 0.29) is 11.7 Å². The normalized spacial score (nSPS) is 17.3. The van der Waals surface area contributed by atoms with E-state index in [1.807, 2.05) is 30.3 Å². The van der Waals surface area contributed by atoms with E-state index in [9.17, 15) is 9.90 Å². The van der Waals surface area contributed by atoms with Gasteiger partial charge in [-0.25, -0.2) is 0 Å². The average molecular weight is 283 g/mol. The number of fused-ring (bicyclic) bond motifs is 1. The molecule has 2 aromatic carbocycles. The monoisotopic (exact) mass is 283 g/mol. The highest BCUT2D eigenvalue weighted by Gasteiger charge is 2.31. The summed E-state index contributed by atoms with van der Waals surface area (Å²) in [6.07, 6.45) is 0.245. The number of nitrogens with zero attached hydrogens (tertiary/aromatic N) is 1. The standard InChI is InChI=1S/C17H17NO3/c1-12-17(20)18(10-9-13-5-3-2-4-6-13)15-8-7-14(19)11-16(15)21-12/h2-8,11-12,19H,9-10H2,1H3. The molecule has 0 saturated carbocycles. The zero-order valence-electron chi connectivity index (χ0n) is 11.8. The maximum atomic E-state index is 12.3. The van der Waals surface area contributed by atoms with Gasteiger partial charge >= 0.3 is 0 Å². The van der Waals surface area contributed by atoms with Crippen LogP contribution in [-0.2, 0) is 11.2 Å². The van der Waals surface area contributed by atoms with Crippen LogP contribution in [0.3, 0.4) is 0 Å². The van der Waals surface area contributed by atoms with E-state index in [1.54, 1.807) is 30.0 Å². The number of hydrogen-bond acceptors (Lipinski definition) is 3. The molecule has 1 unspecified atom stereocenters. The van der Waals surface area contributed by atoms with Gasteiger partial charge in [0.05, 0.1) is 5.69 Å². The Balaban J connectivity index is 1.85. The molecule has 2 aromatic rings. The summed E-state index contributed by atoms with van der Waals surface area (Å²) in [4.78, 5) is 14.1. The summed E-state index contributed by atoms with van der Waals surface area (Å²) >= 11 is 0. The van der Waals surface area contributed by atoms with Crippen LogP contribution in [-0.4, -0.2) is 23.7 Å². The highest BCUT2D eigenvalue weighted by molar-refractivity contribution is 5.99. The van der Waals surface area contributed by atoms with E-state index in [1.165, 1.54) is 5.56 Å². The van der Waals surface area contributed by atoms with E-state index in [2.05, 4.69) is 0 Å². The zero-order valence-corrected chi connectivity index (χ0v) is 11.8. The van der Waals surface area contributed by atoms with Gasteiger partial charge in [-0.3, -0.25) is 4.79 Å². The molecule has 4 heteroatoms. The molecule has 1 amide bonds. The van der Waals surface area contributed by atoms with Crippen LogP contribution in [0, 0.1) is 0 Å². The topological polar surface area (TPSA) is 49.8 Å². The van der Waals surface area contributed by atoms with E-state index in [0.29, 0.717) is 18.0 Å². The Morgan fingerprint density at radius 2 is 1.95 bits per heavy atom. The Morgan fingerprint density at radius 3 is 2.71 bits per heavy atom. The van der Waals surface area contributed by atoms with Crippen molar-refractivity contribution in [3.63, 3.8) is 0 Å². The summed E-state index contributed by atoms with van der Waals surface area (Å²) in [5, 5.41) is 9.55. The highest BCUT2D eigenvalue weighted by Crippen LogP contribution is 2.36. The molecular formula is C17H17NO3. The lowest BCUT2D eigenvalue weighted by Gasteiger charge is -2.33. The minimum atomic E-state index is -0.532. The van der Waals surface area contributed by atoms with Gasteiger partial charge in [-0.2, -0.15) is 0 Å². The molecule has 1 N–H and O–H groups in total. The quantitative estimate of drug-likeness (QED) is 0.942. The summed E-state index contributed by atoms with van der Waals surface area (Å²) in [5.41, 5.74) is 1.90. The molecule has 3 rings (SSSR count). The van der Waals surface area contributed by atoms with Gasteiger partial charge in [-0.15, -0.1) is 0 Å². The molecule has 21 heavy (non-hydrogen) atoms. The number of rotatable bonds is 3. The van der Waals surface area contributed by atoms with Gasteiger partial charge < -0.3 is 14.7 Å². The van der Waals surface area contributed by atoms with Crippen molar-refractivity contribution < 1.29 is 14.6 Å². The van der Waals surface area contributed by atoms with Gasteiger partial charge in [0.15, 0.2) is 6.10 Å². The van der Waals surface area contributed by atoms with Crippen molar-refractivity contribution in [1.29, 1.82) is 0 Å². The minimum Gasteiger partial charge on any atom is -0.508 e. The van der Waals surface area contributed by atoms with Crippen LogP contribution in [0.25, 0.3) is 0 Å². The van der Waals surface area contributed by atoms with Gasteiger partial charge in [0.25, 0.3) is 5.91 Å². The third-order valence-electron chi connectivity index (χ3n) is 3.62. The zero-order chi connectivity index (χ0) is 14.8. The van der Waals surface area contributed by atoms with Crippen LogP contribution in [0.15, 0.2) is 48.5 Å². The molecule has 0 aromatic heterocycles. The van der Waals surface area contributed by atoms with Gasteiger partial charge in [0.2, 0.25) is 0 Å². The summed E-state index contributed by atoms with van der Waals surface area (Å²) in [5.74, 6) is 0.637. The number of ether oxygens (including phenoxy) is 1. The molecular weight excluding hydrogens is 266 g/mol. The Kier molecular flexibility index (Phi) is 3.52. The van der Waals surface area contributed by atoms with Crippen LogP contribution in [0.2, 0.25) is 0 Å². The van der Waals surface area contributed by atoms with Crippen molar-refractivity contribution in [2.75, 3.05) is 11.4 Å². The largest absolute Gasteiger partial charge is 0.508 e. The molecule has 0 aliphatic carbocycles. The molecule has 108 valence electrons. The lowest BCUT2D eigenvalue weighted by Crippen LogP contribution is -2.45. The third-order valence-corrected chi connectivity index (χ3v) is 3.62. The minimum absolute atomic E-state index is 0.0517. The number of carbonyl (C=O) groups is 1. The summed E-state index contributed by atoms with van der Waals surface area (Å²) < 4.78 is 5.56. The average Bonchev–Trinajstić information content (AvgIpc) is 2.49. The highest BCUT2D eigenvalue weighted by atomic mass is 16.5. The molecule has 0 saturated heterocycles. The fourth-order valence-electron chi connectivity index (χ4n) is 2.52. The summed E-state index contributed by atoms with van der Waals surface area (Å²) in [6, 6.07) is 14.9. The first-order chi connectivity index (χ1) is 10.1. The first-order valence-electron chi connectivity index (χ1n) is 7.00. The molecule has 1 aliphatic rings. The van der Waals surface area contributed by atoms with Crippen LogP contribution in [0.4, 0.5) is 5.69 Å². The molecule has 1 heterocycles. The first-order valence-corrected chi connectivity index (χ1v) is 7.00.